The second-order valence-electron chi connectivity index (χ2n) is 5.75. The van der Waals surface area contributed by atoms with Gasteiger partial charge in [0.05, 0.1) is 5.75 Å². The van der Waals surface area contributed by atoms with Crippen molar-refractivity contribution in [2.45, 2.75) is 17.5 Å². The van der Waals surface area contributed by atoms with Crippen LogP contribution in [0.25, 0.3) is 22.8 Å². The van der Waals surface area contributed by atoms with Crippen LogP contribution >= 0.6 is 11.8 Å². The van der Waals surface area contributed by atoms with Crippen molar-refractivity contribution in [2.24, 2.45) is 0 Å². The number of hydrogen-bond donors (Lipinski definition) is 0. The van der Waals surface area contributed by atoms with Crippen LogP contribution in [0.3, 0.4) is 0 Å². The van der Waals surface area contributed by atoms with Crippen molar-refractivity contribution in [3.05, 3.63) is 73.2 Å². The Labute approximate surface area is 164 Å². The summed E-state index contributed by atoms with van der Waals surface area (Å²) in [5.74, 6) is 1.72. The van der Waals surface area contributed by atoms with Gasteiger partial charge in [-0.15, -0.1) is 16.8 Å². The molecule has 0 aliphatic carbocycles. The van der Waals surface area contributed by atoms with Gasteiger partial charge < -0.3 is 4.52 Å². The van der Waals surface area contributed by atoms with E-state index in [-0.39, 0.29) is 5.82 Å². The Kier molecular flexibility index (Phi) is 5.24. The second kappa shape index (κ2) is 8.13. The normalized spacial score (nSPS) is 10.9. The molecular weight excluding hydrogens is 379 g/mol. The second-order valence-corrected chi connectivity index (χ2v) is 6.69. The highest BCUT2D eigenvalue weighted by Gasteiger charge is 2.15. The monoisotopic (exact) mass is 394 g/mol. The highest BCUT2D eigenvalue weighted by Crippen LogP contribution is 2.26. The van der Waals surface area contributed by atoms with Crippen molar-refractivity contribution in [1.29, 1.82) is 0 Å². The molecule has 0 radical (unpaired) electrons. The average molecular weight is 394 g/mol. The lowest BCUT2D eigenvalue weighted by molar-refractivity contribution is 0.391. The number of allylic oxidation sites excluding steroid dienone is 1. The number of nitrogens with zero attached hydrogens (tertiary/aromatic N) is 6. The van der Waals surface area contributed by atoms with Gasteiger partial charge in [0, 0.05) is 30.1 Å². The van der Waals surface area contributed by atoms with Gasteiger partial charge in [-0.1, -0.05) is 23.0 Å². The minimum atomic E-state index is -0.311. The smallest absolute Gasteiger partial charge is 0.237 e. The molecule has 0 atom stereocenters. The molecular formula is C19H15FN6OS. The van der Waals surface area contributed by atoms with Crippen LogP contribution in [0.5, 0.6) is 0 Å². The van der Waals surface area contributed by atoms with Gasteiger partial charge in [-0.2, -0.15) is 4.98 Å². The molecule has 3 aromatic heterocycles. The molecule has 0 bridgehead atoms. The van der Waals surface area contributed by atoms with Crippen LogP contribution in [0.15, 0.2) is 71.1 Å². The molecule has 0 saturated heterocycles. The predicted octanol–water partition coefficient (Wildman–Crippen LogP) is 4.01. The van der Waals surface area contributed by atoms with Gasteiger partial charge in [-0.3, -0.25) is 9.55 Å². The molecule has 0 aliphatic rings. The van der Waals surface area contributed by atoms with E-state index in [1.807, 2.05) is 16.7 Å². The summed E-state index contributed by atoms with van der Waals surface area (Å²) in [7, 11) is 0. The predicted molar refractivity (Wildman–Crippen MR) is 103 cm³/mol. The van der Waals surface area contributed by atoms with E-state index in [9.17, 15) is 4.39 Å². The fourth-order valence-corrected chi connectivity index (χ4v) is 3.34. The van der Waals surface area contributed by atoms with Gasteiger partial charge in [-0.25, -0.2) is 4.39 Å². The molecule has 0 fully saturated rings. The Bertz CT molecular complexity index is 1080. The first-order valence-electron chi connectivity index (χ1n) is 8.40. The standard InChI is InChI=1S/C19H15FN6OS/c1-2-11-26-18(14-7-9-21-10-8-14)23-24-19(26)28-12-16-22-17(25-27-16)13-3-5-15(20)6-4-13/h2-10H,1,11-12H2. The van der Waals surface area contributed by atoms with Crippen LogP contribution in [-0.4, -0.2) is 29.9 Å². The van der Waals surface area contributed by atoms with Crippen molar-refractivity contribution >= 4 is 11.8 Å². The number of thioether (sulfide) groups is 1. The topological polar surface area (TPSA) is 82.5 Å². The third kappa shape index (κ3) is 3.84. The Morgan fingerprint density at radius 1 is 1.07 bits per heavy atom. The fraction of sp³-hybridized carbons (Fsp3) is 0.105. The number of hydrogen-bond acceptors (Lipinski definition) is 7. The van der Waals surface area contributed by atoms with Crippen molar-refractivity contribution in [2.75, 3.05) is 0 Å². The zero-order chi connectivity index (χ0) is 19.3. The summed E-state index contributed by atoms with van der Waals surface area (Å²) in [6, 6.07) is 9.70. The summed E-state index contributed by atoms with van der Waals surface area (Å²) in [6.45, 7) is 4.37. The summed E-state index contributed by atoms with van der Waals surface area (Å²) in [5.41, 5.74) is 1.61. The molecule has 1 aromatic carbocycles. The maximum atomic E-state index is 13.0. The van der Waals surface area contributed by atoms with E-state index in [0.29, 0.717) is 34.7 Å². The van der Waals surface area contributed by atoms with Gasteiger partial charge in [0.15, 0.2) is 11.0 Å². The zero-order valence-electron chi connectivity index (χ0n) is 14.7. The van der Waals surface area contributed by atoms with Crippen molar-refractivity contribution in [1.82, 2.24) is 29.9 Å². The van der Waals surface area contributed by atoms with E-state index < -0.39 is 0 Å². The number of aromatic nitrogens is 6. The van der Waals surface area contributed by atoms with E-state index in [1.165, 1.54) is 23.9 Å². The molecule has 0 unspecified atom stereocenters. The van der Waals surface area contributed by atoms with E-state index >= 15 is 0 Å². The van der Waals surface area contributed by atoms with E-state index in [0.717, 1.165) is 11.4 Å². The van der Waals surface area contributed by atoms with Gasteiger partial charge in [0.25, 0.3) is 0 Å². The summed E-state index contributed by atoms with van der Waals surface area (Å²) < 4.78 is 20.3. The molecule has 0 aliphatic heterocycles. The fourth-order valence-electron chi connectivity index (χ4n) is 2.56. The number of rotatable bonds is 7. The Hall–Kier alpha value is -3.33. The van der Waals surface area contributed by atoms with Crippen LogP contribution < -0.4 is 0 Å². The van der Waals surface area contributed by atoms with Crippen molar-refractivity contribution in [3.63, 3.8) is 0 Å². The molecule has 9 heteroatoms. The van der Waals surface area contributed by atoms with Crippen molar-refractivity contribution in [3.8, 4) is 22.8 Å². The highest BCUT2D eigenvalue weighted by molar-refractivity contribution is 7.98. The van der Waals surface area contributed by atoms with Gasteiger partial charge in [0.1, 0.15) is 5.82 Å². The minimum absolute atomic E-state index is 0.311. The maximum Gasteiger partial charge on any atom is 0.237 e. The minimum Gasteiger partial charge on any atom is -0.338 e. The molecule has 0 amide bonds. The molecule has 0 spiro atoms. The molecule has 3 heterocycles. The van der Waals surface area contributed by atoms with Gasteiger partial charge in [-0.05, 0) is 36.4 Å². The molecule has 4 rings (SSSR count). The van der Waals surface area contributed by atoms with Crippen LogP contribution in [0.4, 0.5) is 4.39 Å². The van der Waals surface area contributed by atoms with E-state index in [1.54, 1.807) is 30.6 Å². The van der Waals surface area contributed by atoms with Crippen LogP contribution in [0, 0.1) is 5.82 Å². The molecule has 140 valence electrons. The first kappa shape index (κ1) is 18.1. The maximum absolute atomic E-state index is 13.0. The molecule has 0 N–H and O–H groups in total. The molecule has 0 saturated carbocycles. The Balaban J connectivity index is 1.52. The number of benzene rings is 1. The van der Waals surface area contributed by atoms with Crippen LogP contribution in [0.2, 0.25) is 0 Å². The number of pyridine rings is 1. The summed E-state index contributed by atoms with van der Waals surface area (Å²) in [5, 5.41) is 13.2. The summed E-state index contributed by atoms with van der Waals surface area (Å²) in [4.78, 5) is 8.39. The molecule has 28 heavy (non-hydrogen) atoms. The lowest BCUT2D eigenvalue weighted by Crippen LogP contribution is -2.00. The summed E-state index contributed by atoms with van der Waals surface area (Å²) in [6.07, 6.45) is 5.21. The third-order valence-electron chi connectivity index (χ3n) is 3.86. The van der Waals surface area contributed by atoms with Crippen LogP contribution in [0.1, 0.15) is 5.89 Å². The molecule has 4 aromatic rings. The largest absolute Gasteiger partial charge is 0.338 e. The van der Waals surface area contributed by atoms with E-state index in [2.05, 4.69) is 31.9 Å². The van der Waals surface area contributed by atoms with Gasteiger partial charge in [0.2, 0.25) is 11.7 Å². The van der Waals surface area contributed by atoms with Crippen LogP contribution in [-0.2, 0) is 12.3 Å². The van der Waals surface area contributed by atoms with Crippen molar-refractivity contribution < 1.29 is 8.91 Å². The van der Waals surface area contributed by atoms with Gasteiger partial charge >= 0.3 is 0 Å². The first-order chi connectivity index (χ1) is 13.7. The SMILES string of the molecule is C=CCn1c(SCc2nc(-c3ccc(F)cc3)no2)nnc1-c1ccncc1. The highest BCUT2D eigenvalue weighted by atomic mass is 32.2. The lowest BCUT2D eigenvalue weighted by Gasteiger charge is -2.06. The Morgan fingerprint density at radius 3 is 2.61 bits per heavy atom. The first-order valence-corrected chi connectivity index (χ1v) is 9.39. The lowest BCUT2D eigenvalue weighted by atomic mass is 10.2. The molecule has 7 nitrogen and oxygen atoms in total. The van der Waals surface area contributed by atoms with E-state index in [4.69, 9.17) is 4.52 Å². The average Bonchev–Trinajstić information content (AvgIpc) is 3.35. The zero-order valence-corrected chi connectivity index (χ0v) is 15.5. The summed E-state index contributed by atoms with van der Waals surface area (Å²) >= 11 is 1.44. The Morgan fingerprint density at radius 2 is 1.86 bits per heavy atom. The number of halogens is 1. The quantitative estimate of drug-likeness (QED) is 0.346. The third-order valence-corrected chi connectivity index (χ3v) is 4.81.